The number of rotatable bonds is 5. The fraction of sp³-hybridized carbons (Fsp3) is 0.600. The summed E-state index contributed by atoms with van der Waals surface area (Å²) in [4.78, 5) is 1.93. The van der Waals surface area contributed by atoms with E-state index < -0.39 is 15.8 Å². The zero-order chi connectivity index (χ0) is 16.3. The fourth-order valence-electron chi connectivity index (χ4n) is 2.69. The van der Waals surface area contributed by atoms with Gasteiger partial charge >= 0.3 is 0 Å². The normalized spacial score (nSPS) is 17.9. The Labute approximate surface area is 131 Å². The Balaban J connectivity index is 2.12. The minimum atomic E-state index is -3.82. The predicted molar refractivity (Wildman–Crippen MR) is 83.0 cm³/mol. The van der Waals surface area contributed by atoms with E-state index in [0.29, 0.717) is 18.2 Å². The molecule has 1 aliphatic rings. The van der Waals surface area contributed by atoms with Crippen molar-refractivity contribution in [2.45, 2.75) is 17.7 Å². The van der Waals surface area contributed by atoms with Crippen LogP contribution in [-0.2, 0) is 10.0 Å². The quantitative estimate of drug-likeness (QED) is 0.826. The second-order valence-corrected chi connectivity index (χ2v) is 7.84. The SMILES string of the molecule is COc1ccc(S(=O)(=O)N(C)CC2CCN(C)CC2)c(F)c1. The van der Waals surface area contributed by atoms with Crippen molar-refractivity contribution in [2.24, 2.45) is 5.92 Å². The summed E-state index contributed by atoms with van der Waals surface area (Å²) < 4.78 is 45.2. The largest absolute Gasteiger partial charge is 0.497 e. The van der Waals surface area contributed by atoms with Crippen LogP contribution in [0.25, 0.3) is 0 Å². The molecular formula is C15H23FN2O3S. The molecule has 1 heterocycles. The van der Waals surface area contributed by atoms with E-state index >= 15 is 0 Å². The Morgan fingerprint density at radius 2 is 2.00 bits per heavy atom. The van der Waals surface area contributed by atoms with Gasteiger partial charge in [-0.15, -0.1) is 0 Å². The summed E-state index contributed by atoms with van der Waals surface area (Å²) in [5.41, 5.74) is 0. The Morgan fingerprint density at radius 1 is 1.36 bits per heavy atom. The maximum Gasteiger partial charge on any atom is 0.245 e. The van der Waals surface area contributed by atoms with Gasteiger partial charge in [-0.3, -0.25) is 0 Å². The number of ether oxygens (including phenoxy) is 1. The molecule has 0 amide bonds. The maximum atomic E-state index is 14.0. The topological polar surface area (TPSA) is 49.9 Å². The number of hydrogen-bond donors (Lipinski definition) is 0. The van der Waals surface area contributed by atoms with Crippen LogP contribution < -0.4 is 4.74 Å². The highest BCUT2D eigenvalue weighted by Gasteiger charge is 2.28. The van der Waals surface area contributed by atoms with Crippen molar-refractivity contribution >= 4 is 10.0 Å². The first-order chi connectivity index (χ1) is 10.3. The third-order valence-corrected chi connectivity index (χ3v) is 6.04. The Bertz CT molecular complexity index is 613. The molecule has 0 bridgehead atoms. The molecule has 0 aliphatic carbocycles. The van der Waals surface area contributed by atoms with E-state index in [-0.39, 0.29) is 4.90 Å². The van der Waals surface area contributed by atoms with Gasteiger partial charge in [0.2, 0.25) is 10.0 Å². The number of halogens is 1. The average Bonchev–Trinajstić information content (AvgIpc) is 2.49. The molecule has 0 atom stereocenters. The summed E-state index contributed by atoms with van der Waals surface area (Å²) in [5.74, 6) is -0.165. The molecule has 0 aromatic heterocycles. The summed E-state index contributed by atoms with van der Waals surface area (Å²) in [6, 6.07) is 3.81. The molecule has 7 heteroatoms. The molecule has 0 saturated carbocycles. The molecule has 2 rings (SSSR count). The third-order valence-electron chi connectivity index (χ3n) is 4.18. The lowest BCUT2D eigenvalue weighted by Gasteiger charge is -2.31. The van der Waals surface area contributed by atoms with Crippen LogP contribution in [0.5, 0.6) is 5.75 Å². The van der Waals surface area contributed by atoms with Crippen molar-refractivity contribution < 1.29 is 17.5 Å². The Kier molecular flexibility index (Phi) is 5.41. The standard InChI is InChI=1S/C15H23FN2O3S/c1-17-8-6-12(7-9-17)11-18(2)22(19,20)15-5-4-13(21-3)10-14(15)16/h4-5,10,12H,6-9,11H2,1-3H3. The maximum absolute atomic E-state index is 14.0. The minimum absolute atomic E-state index is 0.300. The number of piperidine rings is 1. The van der Waals surface area contributed by atoms with E-state index in [1.54, 1.807) is 0 Å². The van der Waals surface area contributed by atoms with Crippen LogP contribution in [0.4, 0.5) is 4.39 Å². The second-order valence-electron chi connectivity index (χ2n) is 5.83. The Morgan fingerprint density at radius 3 is 2.55 bits per heavy atom. The number of benzene rings is 1. The summed E-state index contributed by atoms with van der Waals surface area (Å²) >= 11 is 0. The predicted octanol–water partition coefficient (Wildman–Crippen LogP) is 1.80. The van der Waals surface area contributed by atoms with Gasteiger partial charge in [0.25, 0.3) is 0 Å². The first kappa shape index (κ1) is 17.2. The highest BCUT2D eigenvalue weighted by molar-refractivity contribution is 7.89. The zero-order valence-corrected chi connectivity index (χ0v) is 14.1. The lowest BCUT2D eigenvalue weighted by molar-refractivity contribution is 0.202. The van der Waals surface area contributed by atoms with Crippen LogP contribution in [0.2, 0.25) is 0 Å². The van der Waals surface area contributed by atoms with E-state index in [0.717, 1.165) is 32.0 Å². The van der Waals surface area contributed by atoms with Crippen molar-refractivity contribution in [3.63, 3.8) is 0 Å². The Hall–Kier alpha value is -1.18. The van der Waals surface area contributed by atoms with Gasteiger partial charge in [-0.25, -0.2) is 17.1 Å². The molecule has 1 aromatic rings. The number of likely N-dealkylation sites (tertiary alicyclic amines) is 1. The molecule has 1 fully saturated rings. The van der Waals surface area contributed by atoms with Crippen molar-refractivity contribution in [1.29, 1.82) is 0 Å². The van der Waals surface area contributed by atoms with Gasteiger partial charge in [0, 0.05) is 19.7 Å². The zero-order valence-electron chi connectivity index (χ0n) is 13.3. The van der Waals surface area contributed by atoms with Crippen LogP contribution in [0, 0.1) is 11.7 Å². The first-order valence-corrected chi connectivity index (χ1v) is 8.77. The molecule has 1 aromatic carbocycles. The molecule has 0 unspecified atom stereocenters. The van der Waals surface area contributed by atoms with Crippen molar-refractivity contribution in [2.75, 3.05) is 40.8 Å². The highest BCUT2D eigenvalue weighted by Crippen LogP contribution is 2.25. The van der Waals surface area contributed by atoms with E-state index in [2.05, 4.69) is 11.9 Å². The van der Waals surface area contributed by atoms with E-state index in [1.807, 2.05) is 0 Å². The fourth-order valence-corrected chi connectivity index (χ4v) is 3.98. The van der Waals surface area contributed by atoms with Gasteiger partial charge in [0.1, 0.15) is 16.5 Å². The molecule has 0 N–H and O–H groups in total. The summed E-state index contributed by atoms with van der Waals surface area (Å²) in [5, 5.41) is 0. The van der Waals surface area contributed by atoms with Gasteiger partial charge in [0.15, 0.2) is 0 Å². The minimum Gasteiger partial charge on any atom is -0.497 e. The summed E-state index contributed by atoms with van der Waals surface area (Å²) in [6.07, 6.45) is 1.92. The van der Waals surface area contributed by atoms with Crippen LogP contribution >= 0.6 is 0 Å². The second kappa shape index (κ2) is 6.93. The number of hydrogen-bond acceptors (Lipinski definition) is 4. The molecular weight excluding hydrogens is 307 g/mol. The third kappa shape index (κ3) is 3.77. The molecule has 22 heavy (non-hydrogen) atoms. The first-order valence-electron chi connectivity index (χ1n) is 7.33. The van der Waals surface area contributed by atoms with Crippen LogP contribution in [0.15, 0.2) is 23.1 Å². The van der Waals surface area contributed by atoms with Crippen molar-refractivity contribution in [3.8, 4) is 5.75 Å². The van der Waals surface area contributed by atoms with Gasteiger partial charge in [-0.2, -0.15) is 0 Å². The number of methoxy groups -OCH3 is 1. The molecule has 0 radical (unpaired) electrons. The van der Waals surface area contributed by atoms with Gasteiger partial charge < -0.3 is 9.64 Å². The van der Waals surface area contributed by atoms with Crippen LogP contribution in [0.1, 0.15) is 12.8 Å². The molecule has 1 saturated heterocycles. The van der Waals surface area contributed by atoms with E-state index in [9.17, 15) is 12.8 Å². The lowest BCUT2D eigenvalue weighted by Crippen LogP contribution is -2.38. The smallest absolute Gasteiger partial charge is 0.245 e. The van der Waals surface area contributed by atoms with Crippen molar-refractivity contribution in [3.05, 3.63) is 24.0 Å². The molecule has 124 valence electrons. The van der Waals surface area contributed by atoms with Gasteiger partial charge in [-0.1, -0.05) is 0 Å². The molecule has 5 nitrogen and oxygen atoms in total. The highest BCUT2D eigenvalue weighted by atomic mass is 32.2. The monoisotopic (exact) mass is 330 g/mol. The summed E-state index contributed by atoms with van der Waals surface area (Å²) in [7, 11) is 1.16. The van der Waals surface area contributed by atoms with Crippen molar-refractivity contribution in [1.82, 2.24) is 9.21 Å². The van der Waals surface area contributed by atoms with Crippen LogP contribution in [-0.4, -0.2) is 58.5 Å². The average molecular weight is 330 g/mol. The van der Waals surface area contributed by atoms with Gasteiger partial charge in [0.05, 0.1) is 7.11 Å². The van der Waals surface area contributed by atoms with E-state index in [4.69, 9.17) is 4.74 Å². The summed E-state index contributed by atoms with van der Waals surface area (Å²) in [6.45, 7) is 2.35. The van der Waals surface area contributed by atoms with E-state index in [1.165, 1.54) is 30.6 Å². The van der Waals surface area contributed by atoms with Crippen LogP contribution in [0.3, 0.4) is 0 Å². The van der Waals surface area contributed by atoms with Gasteiger partial charge in [-0.05, 0) is 51.0 Å². The number of nitrogens with zero attached hydrogens (tertiary/aromatic N) is 2. The molecule has 0 spiro atoms. The number of sulfonamides is 1. The lowest BCUT2D eigenvalue weighted by atomic mass is 9.97. The molecule has 1 aliphatic heterocycles.